The van der Waals surface area contributed by atoms with E-state index in [2.05, 4.69) is 34.4 Å². The number of nitrogens with zero attached hydrogens (tertiary/aromatic N) is 4. The zero-order chi connectivity index (χ0) is 13.0. The number of aryl methyl sites for hydroxylation is 1. The van der Waals surface area contributed by atoms with E-state index in [0.29, 0.717) is 17.8 Å². The minimum atomic E-state index is 0.382. The Balaban J connectivity index is 2.06. The molecule has 0 amide bonds. The van der Waals surface area contributed by atoms with Crippen LogP contribution >= 0.6 is 0 Å². The molecule has 0 spiro atoms. The summed E-state index contributed by atoms with van der Waals surface area (Å²) >= 11 is 0. The van der Waals surface area contributed by atoms with Crippen LogP contribution in [0, 0.1) is 0 Å². The average Bonchev–Trinajstić information content (AvgIpc) is 2.97. The third-order valence-electron chi connectivity index (χ3n) is 2.82. The van der Waals surface area contributed by atoms with Gasteiger partial charge in [-0.25, -0.2) is 0 Å². The van der Waals surface area contributed by atoms with Gasteiger partial charge in [-0.15, -0.1) is 0 Å². The number of nitrogens with one attached hydrogen (secondary N) is 1. The lowest BCUT2D eigenvalue weighted by Gasteiger charge is -2.12. The Hall–Kier alpha value is -1.69. The van der Waals surface area contributed by atoms with Gasteiger partial charge in [0.1, 0.15) is 5.69 Å². The Labute approximate surface area is 106 Å². The van der Waals surface area contributed by atoms with Crippen LogP contribution in [0.2, 0.25) is 0 Å². The molecule has 2 aromatic heterocycles. The van der Waals surface area contributed by atoms with Crippen molar-refractivity contribution in [3.8, 4) is 11.5 Å². The second-order valence-corrected chi connectivity index (χ2v) is 4.25. The molecule has 0 aliphatic rings. The number of aromatic nitrogens is 4. The number of hydrogen-bond acceptors (Lipinski definition) is 5. The van der Waals surface area contributed by atoms with E-state index < -0.39 is 0 Å². The molecule has 0 fully saturated rings. The second-order valence-electron chi connectivity index (χ2n) is 4.25. The fraction of sp³-hybridized carbons (Fsp3) is 0.583. The molecule has 0 aromatic carbocycles. The summed E-state index contributed by atoms with van der Waals surface area (Å²) < 4.78 is 6.98. The Morgan fingerprint density at radius 1 is 1.44 bits per heavy atom. The first-order chi connectivity index (χ1) is 8.72. The first-order valence-electron chi connectivity index (χ1n) is 6.29. The van der Waals surface area contributed by atoms with E-state index in [4.69, 9.17) is 4.52 Å². The summed E-state index contributed by atoms with van der Waals surface area (Å²) in [6.07, 6.45) is 3.65. The summed E-state index contributed by atoms with van der Waals surface area (Å²) in [6, 6.07) is 2.25. The van der Waals surface area contributed by atoms with Gasteiger partial charge in [-0.1, -0.05) is 19.0 Å². The van der Waals surface area contributed by atoms with E-state index in [1.165, 1.54) is 0 Å². The van der Waals surface area contributed by atoms with Crippen LogP contribution < -0.4 is 5.32 Å². The van der Waals surface area contributed by atoms with Crippen molar-refractivity contribution >= 4 is 0 Å². The van der Waals surface area contributed by atoms with Gasteiger partial charge in [0.25, 0.3) is 0 Å². The molecule has 0 saturated heterocycles. The summed E-state index contributed by atoms with van der Waals surface area (Å²) in [5, 5.41) is 11.6. The molecule has 18 heavy (non-hydrogen) atoms. The molecule has 98 valence electrons. The lowest BCUT2D eigenvalue weighted by Crippen LogP contribution is -2.30. The molecule has 0 radical (unpaired) electrons. The molecule has 0 bridgehead atoms. The maximum absolute atomic E-state index is 5.26. The Kier molecular flexibility index (Phi) is 4.09. The van der Waals surface area contributed by atoms with Crippen molar-refractivity contribution in [2.24, 2.45) is 7.05 Å². The predicted octanol–water partition coefficient (Wildman–Crippen LogP) is 1.40. The fourth-order valence-electron chi connectivity index (χ4n) is 1.84. The van der Waals surface area contributed by atoms with Crippen molar-refractivity contribution in [3.05, 3.63) is 18.2 Å². The molecule has 1 N–H and O–H groups in total. The largest absolute Gasteiger partial charge is 0.339 e. The van der Waals surface area contributed by atoms with Crippen molar-refractivity contribution in [1.82, 2.24) is 25.2 Å². The summed E-state index contributed by atoms with van der Waals surface area (Å²) in [7, 11) is 1.86. The lowest BCUT2D eigenvalue weighted by molar-refractivity contribution is 0.355. The van der Waals surface area contributed by atoms with E-state index in [1.807, 2.05) is 19.3 Å². The molecule has 1 atom stereocenters. The first kappa shape index (κ1) is 12.8. The minimum absolute atomic E-state index is 0.382. The SMILES string of the molecule is CCNC(CC)Cc1nc(-c2ccn(C)n2)no1. The molecule has 0 saturated carbocycles. The van der Waals surface area contributed by atoms with Gasteiger partial charge < -0.3 is 9.84 Å². The van der Waals surface area contributed by atoms with Crippen molar-refractivity contribution in [1.29, 1.82) is 0 Å². The average molecular weight is 249 g/mol. The highest BCUT2D eigenvalue weighted by Crippen LogP contribution is 2.13. The van der Waals surface area contributed by atoms with Gasteiger partial charge in [0.05, 0.1) is 0 Å². The molecule has 1 unspecified atom stereocenters. The monoisotopic (exact) mass is 249 g/mol. The van der Waals surface area contributed by atoms with Gasteiger partial charge in [-0.05, 0) is 19.0 Å². The highest BCUT2D eigenvalue weighted by molar-refractivity contribution is 5.46. The number of rotatable bonds is 6. The number of likely N-dealkylation sites (N-methyl/N-ethyl adjacent to an activating group) is 1. The van der Waals surface area contributed by atoms with Crippen molar-refractivity contribution in [3.63, 3.8) is 0 Å². The molecule has 6 heteroatoms. The van der Waals surface area contributed by atoms with Crippen LogP contribution in [0.25, 0.3) is 11.5 Å². The van der Waals surface area contributed by atoms with Crippen molar-refractivity contribution < 1.29 is 4.52 Å². The smallest absolute Gasteiger partial charge is 0.228 e. The zero-order valence-corrected chi connectivity index (χ0v) is 11.1. The first-order valence-corrected chi connectivity index (χ1v) is 6.29. The Bertz CT molecular complexity index is 490. The Morgan fingerprint density at radius 2 is 2.28 bits per heavy atom. The topological polar surface area (TPSA) is 68.8 Å². The molecule has 0 aliphatic carbocycles. The van der Waals surface area contributed by atoms with Gasteiger partial charge in [0.2, 0.25) is 11.7 Å². The molecular formula is C12H19N5O. The molecule has 2 aromatic rings. The number of hydrogen-bond donors (Lipinski definition) is 1. The van der Waals surface area contributed by atoms with Gasteiger partial charge in [-0.3, -0.25) is 4.68 Å². The van der Waals surface area contributed by atoms with Crippen LogP contribution in [0.3, 0.4) is 0 Å². The summed E-state index contributed by atoms with van der Waals surface area (Å²) in [4.78, 5) is 4.37. The van der Waals surface area contributed by atoms with Gasteiger partial charge in [0, 0.05) is 25.7 Å². The van der Waals surface area contributed by atoms with Crippen LogP contribution in [-0.2, 0) is 13.5 Å². The van der Waals surface area contributed by atoms with Gasteiger partial charge in [0.15, 0.2) is 0 Å². The van der Waals surface area contributed by atoms with E-state index in [-0.39, 0.29) is 0 Å². The van der Waals surface area contributed by atoms with Crippen molar-refractivity contribution in [2.45, 2.75) is 32.7 Å². The van der Waals surface area contributed by atoms with Crippen LogP contribution in [0.15, 0.2) is 16.8 Å². The molecule has 0 aliphatic heterocycles. The van der Waals surface area contributed by atoms with E-state index in [9.17, 15) is 0 Å². The maximum Gasteiger partial charge on any atom is 0.228 e. The second kappa shape index (κ2) is 5.77. The fourth-order valence-corrected chi connectivity index (χ4v) is 1.84. The quantitative estimate of drug-likeness (QED) is 0.838. The lowest BCUT2D eigenvalue weighted by atomic mass is 10.1. The van der Waals surface area contributed by atoms with Gasteiger partial charge in [-0.2, -0.15) is 10.1 Å². The molecular weight excluding hydrogens is 230 g/mol. The maximum atomic E-state index is 5.26. The van der Waals surface area contributed by atoms with Crippen LogP contribution in [0.4, 0.5) is 0 Å². The summed E-state index contributed by atoms with van der Waals surface area (Å²) in [5.74, 6) is 1.21. The third kappa shape index (κ3) is 2.95. The molecule has 2 heterocycles. The highest BCUT2D eigenvalue weighted by Gasteiger charge is 2.14. The normalized spacial score (nSPS) is 12.8. The molecule has 6 nitrogen and oxygen atoms in total. The van der Waals surface area contributed by atoms with Crippen LogP contribution in [-0.4, -0.2) is 32.5 Å². The highest BCUT2D eigenvalue weighted by atomic mass is 16.5. The minimum Gasteiger partial charge on any atom is -0.339 e. The predicted molar refractivity (Wildman–Crippen MR) is 68.0 cm³/mol. The molecule has 2 rings (SSSR count). The van der Waals surface area contributed by atoms with Crippen LogP contribution in [0.5, 0.6) is 0 Å². The van der Waals surface area contributed by atoms with E-state index in [0.717, 1.165) is 25.1 Å². The summed E-state index contributed by atoms with van der Waals surface area (Å²) in [5.41, 5.74) is 0.740. The van der Waals surface area contributed by atoms with Crippen molar-refractivity contribution in [2.75, 3.05) is 6.54 Å². The van der Waals surface area contributed by atoms with E-state index >= 15 is 0 Å². The summed E-state index contributed by atoms with van der Waals surface area (Å²) in [6.45, 7) is 5.18. The zero-order valence-electron chi connectivity index (χ0n) is 11.1. The Morgan fingerprint density at radius 3 is 2.89 bits per heavy atom. The standard InChI is InChI=1S/C12H19N5O/c1-4-9(13-5-2)8-11-14-12(16-18-11)10-6-7-17(3)15-10/h6-7,9,13H,4-5,8H2,1-3H3. The third-order valence-corrected chi connectivity index (χ3v) is 2.82. The van der Waals surface area contributed by atoms with Crippen LogP contribution in [0.1, 0.15) is 26.2 Å². The van der Waals surface area contributed by atoms with Gasteiger partial charge >= 0.3 is 0 Å². The van der Waals surface area contributed by atoms with E-state index in [1.54, 1.807) is 4.68 Å².